The summed E-state index contributed by atoms with van der Waals surface area (Å²) in [5.74, 6) is -2.61. The number of phenols is 4. The number of aromatic hydroxyl groups is 4. The van der Waals surface area contributed by atoms with Crippen molar-refractivity contribution in [1.29, 1.82) is 0 Å². The Morgan fingerprint density at radius 2 is 1.23 bits per heavy atom. The molecule has 0 aliphatic carbocycles. The quantitative estimate of drug-likeness (QED) is 0.0213. The molecular weight excluding hydrogens is 752 g/mol. The van der Waals surface area contributed by atoms with E-state index in [9.17, 15) is 46.4 Å². The molecule has 0 aliphatic rings. The fourth-order valence-electron chi connectivity index (χ4n) is 3.40. The van der Waals surface area contributed by atoms with E-state index in [-0.39, 0.29) is 62.0 Å². The number of benzene rings is 4. The van der Waals surface area contributed by atoms with E-state index in [4.69, 9.17) is 5.26 Å². The molecule has 0 atom stereocenters. The third kappa shape index (κ3) is 8.41. The van der Waals surface area contributed by atoms with Gasteiger partial charge < -0.3 is 20.4 Å². The zero-order valence-corrected chi connectivity index (χ0v) is 25.2. The molecule has 0 heterocycles. The van der Waals surface area contributed by atoms with Crippen molar-refractivity contribution in [2.45, 2.75) is 14.7 Å². The minimum atomic E-state index is -5.06. The Morgan fingerprint density at radius 1 is 0.659 bits per heavy atom. The Balaban J connectivity index is 0.00000337. The Kier molecular flexibility index (Phi) is 12.2. The predicted molar refractivity (Wildman–Crippen MR) is 142 cm³/mol. The van der Waals surface area contributed by atoms with Crippen LogP contribution in [-0.4, -0.2) is 51.6 Å². The first-order chi connectivity index (χ1) is 19.7. The second-order valence-electron chi connectivity index (χ2n) is 8.01. The zero-order valence-electron chi connectivity index (χ0n) is 20.9. The van der Waals surface area contributed by atoms with E-state index in [0.717, 1.165) is 36.4 Å². The number of hydrogen-bond acceptors (Lipinski definition) is 16. The number of azo groups is 2. The van der Waals surface area contributed by atoms with Crippen LogP contribution in [0.25, 0.3) is 10.8 Å². The molecule has 0 aromatic heterocycles. The molecule has 242 valence electrons. The van der Waals surface area contributed by atoms with Crippen LogP contribution in [0.5, 0.6) is 23.0 Å². The maximum Gasteiger partial charge on any atom is 0.298 e. The molecule has 22 heteroatoms. The maximum absolute atomic E-state index is 11.8. The van der Waals surface area contributed by atoms with Gasteiger partial charge >= 0.3 is 0 Å². The summed E-state index contributed by atoms with van der Waals surface area (Å²) in [6.45, 7) is 0. The second kappa shape index (κ2) is 14.6. The molecule has 4 rings (SSSR count). The molecule has 0 saturated carbocycles. The molecule has 4 aromatic rings. The van der Waals surface area contributed by atoms with E-state index >= 15 is 0 Å². The number of fused-ring (bicyclic) bond motifs is 1. The average Bonchev–Trinajstić information content (AvgIpc) is 2.91. The molecule has 0 saturated heterocycles. The van der Waals surface area contributed by atoms with Crippen molar-refractivity contribution < 1.29 is 95.1 Å². The first kappa shape index (κ1) is 36.8. The monoisotopic (exact) mass is 766 g/mol. The molecule has 0 aliphatic heterocycles. The predicted octanol–water partition coefficient (Wildman–Crippen LogP) is 5.41. The van der Waals surface area contributed by atoms with Gasteiger partial charge in [0.1, 0.15) is 44.9 Å². The maximum atomic E-state index is 11.8. The van der Waals surface area contributed by atoms with Gasteiger partial charge in [0, 0.05) is 56.6 Å². The Hall–Kier alpha value is -3.37. The van der Waals surface area contributed by atoms with Crippen LogP contribution in [0.2, 0.25) is 0 Å². The second-order valence-corrected chi connectivity index (χ2v) is 11.6. The standard InChI is InChI=1S/C22H16N4O13S3.2Cu/c27-17-4-1-11(40-39-38-31)7-14(17)23-24-15-8-19(29)16(9-18(15)28)25-26-21-13-3-2-12(41(32,33)34)5-10(13)6-20(22(21)30)42(35,36)37;;/h1-9,27-31H,(H,32,33,34)(H,35,36,37);;. The van der Waals surface area contributed by atoms with Crippen LogP contribution >= 0.6 is 12.0 Å². The molecule has 0 unspecified atom stereocenters. The molecule has 0 bridgehead atoms. The van der Waals surface area contributed by atoms with Crippen molar-refractivity contribution in [2.24, 2.45) is 20.5 Å². The minimum absolute atomic E-state index is 0. The van der Waals surface area contributed by atoms with Crippen LogP contribution in [0.15, 0.2) is 89.7 Å². The van der Waals surface area contributed by atoms with Gasteiger partial charge in [-0.05, 0) is 41.8 Å². The first-order valence-electron chi connectivity index (χ1n) is 10.8. The molecule has 2 radical (unpaired) electrons. The summed E-state index contributed by atoms with van der Waals surface area (Å²) in [4.78, 5) is -1.34. The normalized spacial score (nSPS) is 12.0. The van der Waals surface area contributed by atoms with Gasteiger partial charge in [-0.15, -0.1) is 24.8 Å². The average molecular weight is 768 g/mol. The summed E-state index contributed by atoms with van der Waals surface area (Å²) in [6, 6.07) is 9.35. The molecule has 17 nitrogen and oxygen atoms in total. The van der Waals surface area contributed by atoms with Crippen molar-refractivity contribution in [3.63, 3.8) is 0 Å². The van der Waals surface area contributed by atoms with Gasteiger partial charge in [0.25, 0.3) is 20.2 Å². The summed E-state index contributed by atoms with van der Waals surface area (Å²) < 4.78 is 69.8. The van der Waals surface area contributed by atoms with E-state index in [2.05, 4.69) is 29.8 Å². The Labute approximate surface area is 272 Å². The van der Waals surface area contributed by atoms with Gasteiger partial charge in [-0.3, -0.25) is 9.11 Å². The molecule has 4 aromatic carbocycles. The molecular formula is C22H16Cu2N4O13S3. The number of hydrogen-bond donors (Lipinski definition) is 7. The Morgan fingerprint density at radius 3 is 1.77 bits per heavy atom. The third-order valence-electron chi connectivity index (χ3n) is 5.30. The van der Waals surface area contributed by atoms with E-state index in [1.165, 1.54) is 18.2 Å². The summed E-state index contributed by atoms with van der Waals surface area (Å²) in [5, 5.41) is 67.7. The first-order valence-corrected chi connectivity index (χ1v) is 14.4. The van der Waals surface area contributed by atoms with Gasteiger partial charge in [0.15, 0.2) is 5.75 Å². The number of rotatable bonds is 9. The van der Waals surface area contributed by atoms with Gasteiger partial charge in [-0.25, -0.2) is 5.26 Å². The largest absolute Gasteiger partial charge is 0.506 e. The SMILES string of the molecule is O=S(=O)(O)c1ccc2c(N=Nc3cc(O)c(N=Nc4cc(SOOO)ccc4O)cc3O)c(O)c(S(=O)(=O)O)cc2c1.[Cu].[Cu]. The van der Waals surface area contributed by atoms with Crippen molar-refractivity contribution in [3.8, 4) is 23.0 Å². The number of phenolic OH excluding ortho intramolecular Hbond substituents is 4. The smallest absolute Gasteiger partial charge is 0.298 e. The van der Waals surface area contributed by atoms with Gasteiger partial charge in [-0.1, -0.05) is 11.1 Å². The fourth-order valence-corrected chi connectivity index (χ4v) is 4.93. The van der Waals surface area contributed by atoms with E-state index < -0.39 is 58.7 Å². The summed E-state index contributed by atoms with van der Waals surface area (Å²) in [6.07, 6.45) is 0. The summed E-state index contributed by atoms with van der Waals surface area (Å²) in [7, 11) is -9.77. The van der Waals surface area contributed by atoms with Crippen molar-refractivity contribution in [2.75, 3.05) is 0 Å². The van der Waals surface area contributed by atoms with Crippen molar-refractivity contribution in [1.82, 2.24) is 0 Å². The van der Waals surface area contributed by atoms with E-state index in [1.807, 2.05) is 0 Å². The van der Waals surface area contributed by atoms with Crippen LogP contribution in [0.4, 0.5) is 22.7 Å². The zero-order chi connectivity index (χ0) is 30.8. The van der Waals surface area contributed by atoms with Gasteiger partial charge in [0.05, 0.1) is 16.9 Å². The summed E-state index contributed by atoms with van der Waals surface area (Å²) >= 11 is 0.581. The minimum Gasteiger partial charge on any atom is -0.506 e. The van der Waals surface area contributed by atoms with Crippen LogP contribution in [0.1, 0.15) is 0 Å². The van der Waals surface area contributed by atoms with Crippen LogP contribution in [0, 0.1) is 0 Å². The number of nitrogens with zero attached hydrogens (tertiary/aromatic N) is 4. The molecule has 0 fully saturated rings. The molecule has 0 amide bonds. The van der Waals surface area contributed by atoms with Crippen LogP contribution in [0.3, 0.4) is 0 Å². The topological polar surface area (TPSA) is 278 Å². The molecule has 0 spiro atoms. The third-order valence-corrected chi connectivity index (χ3v) is 7.59. The van der Waals surface area contributed by atoms with Crippen LogP contribution in [-0.2, 0) is 63.7 Å². The van der Waals surface area contributed by atoms with Crippen molar-refractivity contribution >= 4 is 65.8 Å². The fraction of sp³-hybridized carbons (Fsp3) is 0. The van der Waals surface area contributed by atoms with Gasteiger partial charge in [0.2, 0.25) is 0 Å². The van der Waals surface area contributed by atoms with Crippen molar-refractivity contribution in [3.05, 3.63) is 54.6 Å². The van der Waals surface area contributed by atoms with E-state index in [1.54, 1.807) is 0 Å². The summed E-state index contributed by atoms with van der Waals surface area (Å²) in [5.41, 5.74) is -1.37. The van der Waals surface area contributed by atoms with E-state index in [0.29, 0.717) is 16.9 Å². The van der Waals surface area contributed by atoms with Gasteiger partial charge in [-0.2, -0.15) is 16.8 Å². The molecule has 44 heavy (non-hydrogen) atoms. The van der Waals surface area contributed by atoms with Crippen LogP contribution < -0.4 is 0 Å². The Bertz CT molecular complexity index is 1990. The molecule has 7 N–H and O–H groups in total.